The summed E-state index contributed by atoms with van der Waals surface area (Å²) in [5, 5.41) is 6.58. The molecule has 0 aliphatic carbocycles. The van der Waals surface area contributed by atoms with E-state index >= 15 is 0 Å². The second-order valence-electron chi connectivity index (χ2n) is 1.60. The van der Waals surface area contributed by atoms with Crippen molar-refractivity contribution < 1.29 is 8.42 Å². The van der Waals surface area contributed by atoms with E-state index in [1.165, 1.54) is 0 Å². The smallest absolute Gasteiger partial charge is 0.224 e. The highest BCUT2D eigenvalue weighted by Gasteiger charge is 2.12. The van der Waals surface area contributed by atoms with Crippen LogP contribution in [0.1, 0.15) is 0 Å². The maximum absolute atomic E-state index is 10.7. The van der Waals surface area contributed by atoms with Gasteiger partial charge in [0.15, 0.2) is 0 Å². The number of sulfonamides is 1. The number of rotatable bonds is 1. The molecule has 0 aromatic carbocycles. The Morgan fingerprint density at radius 3 is 2.40 bits per heavy atom. The molecule has 3 nitrogen and oxygen atoms in total. The molecule has 1 aromatic heterocycles. The summed E-state index contributed by atoms with van der Waals surface area (Å²) in [4.78, 5) is 0. The molecule has 1 aromatic rings. The fourth-order valence-electron chi connectivity index (χ4n) is 0.483. The molecule has 0 fully saturated rings. The van der Waals surface area contributed by atoms with Crippen LogP contribution >= 0.6 is 33.9 Å². The van der Waals surface area contributed by atoms with Crippen LogP contribution in [0.2, 0.25) is 0 Å². The zero-order valence-electron chi connectivity index (χ0n) is 4.74. The second kappa shape index (κ2) is 2.76. The van der Waals surface area contributed by atoms with Crippen molar-refractivity contribution in [1.82, 2.24) is 0 Å². The second-order valence-corrected chi connectivity index (χ2v) is 5.44. The van der Waals surface area contributed by atoms with Crippen molar-refractivity contribution in [3.8, 4) is 0 Å². The third-order valence-corrected chi connectivity index (χ3v) is 4.90. The summed E-state index contributed by atoms with van der Waals surface area (Å²) in [6, 6.07) is 1.71. The number of hydrogen-bond donors (Lipinski definition) is 1. The van der Waals surface area contributed by atoms with Crippen molar-refractivity contribution in [2.75, 3.05) is 0 Å². The SMILES string of the molecule is NS(=O)(=O)c1sccc1I. The first-order valence-corrected chi connectivity index (χ1v) is 5.78. The maximum Gasteiger partial charge on any atom is 0.248 e. The first kappa shape index (κ1) is 8.44. The molecular weight excluding hydrogens is 285 g/mol. The molecule has 0 saturated carbocycles. The highest BCUT2D eigenvalue weighted by molar-refractivity contribution is 14.1. The summed E-state index contributed by atoms with van der Waals surface area (Å²) in [7, 11) is -3.48. The van der Waals surface area contributed by atoms with Crippen LogP contribution in [0.3, 0.4) is 0 Å². The lowest BCUT2D eigenvalue weighted by Crippen LogP contribution is -2.11. The summed E-state index contributed by atoms with van der Waals surface area (Å²) in [6.45, 7) is 0. The number of thiophene rings is 1. The van der Waals surface area contributed by atoms with E-state index in [0.717, 1.165) is 11.3 Å². The van der Waals surface area contributed by atoms with Crippen molar-refractivity contribution >= 4 is 44.0 Å². The van der Waals surface area contributed by atoms with Crippen LogP contribution in [0.25, 0.3) is 0 Å². The molecule has 0 bridgehead atoms. The number of nitrogens with two attached hydrogens (primary N) is 1. The lowest BCUT2D eigenvalue weighted by molar-refractivity contribution is 0.599. The fourth-order valence-corrected chi connectivity index (χ4v) is 3.76. The third-order valence-electron chi connectivity index (χ3n) is 0.843. The molecule has 0 spiro atoms. The molecule has 56 valence electrons. The van der Waals surface area contributed by atoms with Crippen LogP contribution in [0.15, 0.2) is 15.7 Å². The van der Waals surface area contributed by atoms with E-state index in [-0.39, 0.29) is 4.21 Å². The third kappa shape index (κ3) is 1.68. The van der Waals surface area contributed by atoms with E-state index in [2.05, 4.69) is 0 Å². The number of halogens is 1. The minimum absolute atomic E-state index is 0.244. The summed E-state index contributed by atoms with van der Waals surface area (Å²) in [5.74, 6) is 0. The molecule has 0 radical (unpaired) electrons. The summed E-state index contributed by atoms with van der Waals surface area (Å²) < 4.78 is 22.3. The van der Waals surface area contributed by atoms with Gasteiger partial charge in [0.25, 0.3) is 0 Å². The Bertz CT molecular complexity index is 329. The van der Waals surface area contributed by atoms with Crippen LogP contribution < -0.4 is 5.14 Å². The molecule has 2 N–H and O–H groups in total. The molecule has 0 aliphatic heterocycles. The first-order valence-electron chi connectivity index (χ1n) is 2.27. The Hall–Kier alpha value is 0.340. The fraction of sp³-hybridized carbons (Fsp3) is 0. The lowest BCUT2D eigenvalue weighted by atomic mass is 10.7. The molecule has 0 saturated heterocycles. The van der Waals surface area contributed by atoms with Crippen LogP contribution in [0.5, 0.6) is 0 Å². The lowest BCUT2D eigenvalue weighted by Gasteiger charge is -1.90. The largest absolute Gasteiger partial charge is 0.248 e. The standard InChI is InChI=1S/C4H4INO2S2/c5-3-1-2-9-4(3)10(6,7)8/h1-2H,(H2,6,7,8). The predicted molar refractivity (Wildman–Crippen MR) is 48.4 cm³/mol. The van der Waals surface area contributed by atoms with Crippen LogP contribution in [-0.2, 0) is 10.0 Å². The molecule has 10 heavy (non-hydrogen) atoms. The number of primary sulfonamides is 1. The quantitative estimate of drug-likeness (QED) is 0.784. The summed E-state index contributed by atoms with van der Waals surface area (Å²) >= 11 is 3.07. The van der Waals surface area contributed by atoms with Gasteiger partial charge in [-0.15, -0.1) is 11.3 Å². The molecule has 0 aliphatic rings. The van der Waals surface area contributed by atoms with Gasteiger partial charge in [0, 0.05) is 3.57 Å². The van der Waals surface area contributed by atoms with Gasteiger partial charge >= 0.3 is 0 Å². The molecule has 1 heterocycles. The van der Waals surface area contributed by atoms with E-state index in [1.54, 1.807) is 11.4 Å². The van der Waals surface area contributed by atoms with Gasteiger partial charge in [0.1, 0.15) is 4.21 Å². The van der Waals surface area contributed by atoms with E-state index < -0.39 is 10.0 Å². The molecule has 1 rings (SSSR count). The Morgan fingerprint density at radius 2 is 2.20 bits per heavy atom. The summed E-state index contributed by atoms with van der Waals surface area (Å²) in [5.41, 5.74) is 0. The average molecular weight is 289 g/mol. The Morgan fingerprint density at radius 1 is 1.60 bits per heavy atom. The van der Waals surface area contributed by atoms with Gasteiger partial charge < -0.3 is 0 Å². The van der Waals surface area contributed by atoms with Gasteiger partial charge in [-0.3, -0.25) is 0 Å². The van der Waals surface area contributed by atoms with Crippen LogP contribution in [0.4, 0.5) is 0 Å². The Kier molecular flexibility index (Phi) is 2.33. The minimum atomic E-state index is -3.48. The molecule has 0 unspecified atom stereocenters. The van der Waals surface area contributed by atoms with Crippen LogP contribution in [-0.4, -0.2) is 8.42 Å². The highest BCUT2D eigenvalue weighted by atomic mass is 127. The van der Waals surface area contributed by atoms with Gasteiger partial charge in [-0.25, -0.2) is 13.6 Å². The predicted octanol–water partition coefficient (Wildman–Crippen LogP) is 1.00. The zero-order valence-corrected chi connectivity index (χ0v) is 8.53. The topological polar surface area (TPSA) is 60.2 Å². The number of hydrogen-bond acceptors (Lipinski definition) is 3. The normalized spacial score (nSPS) is 11.8. The molecule has 6 heteroatoms. The Labute approximate surface area is 76.4 Å². The van der Waals surface area contributed by atoms with Gasteiger partial charge in [0.05, 0.1) is 0 Å². The maximum atomic E-state index is 10.7. The van der Waals surface area contributed by atoms with Crippen molar-refractivity contribution in [2.45, 2.75) is 4.21 Å². The first-order chi connectivity index (χ1) is 4.52. The monoisotopic (exact) mass is 289 g/mol. The van der Waals surface area contributed by atoms with Crippen molar-refractivity contribution in [3.63, 3.8) is 0 Å². The average Bonchev–Trinajstić information content (AvgIpc) is 2.11. The Balaban J connectivity index is 3.32. The minimum Gasteiger partial charge on any atom is -0.224 e. The van der Waals surface area contributed by atoms with E-state index in [4.69, 9.17) is 5.14 Å². The summed E-state index contributed by atoms with van der Waals surface area (Å²) in [6.07, 6.45) is 0. The van der Waals surface area contributed by atoms with E-state index in [0.29, 0.717) is 3.57 Å². The van der Waals surface area contributed by atoms with Crippen molar-refractivity contribution in [2.24, 2.45) is 5.14 Å². The van der Waals surface area contributed by atoms with Gasteiger partial charge in [0.2, 0.25) is 10.0 Å². The zero-order chi connectivity index (χ0) is 7.78. The van der Waals surface area contributed by atoms with Crippen molar-refractivity contribution in [3.05, 3.63) is 15.0 Å². The van der Waals surface area contributed by atoms with Crippen molar-refractivity contribution in [1.29, 1.82) is 0 Å². The van der Waals surface area contributed by atoms with E-state index in [9.17, 15) is 8.42 Å². The molecule has 0 amide bonds. The van der Waals surface area contributed by atoms with Gasteiger partial charge in [-0.2, -0.15) is 0 Å². The molecule has 0 atom stereocenters. The highest BCUT2D eigenvalue weighted by Crippen LogP contribution is 2.22. The van der Waals surface area contributed by atoms with Crippen LogP contribution in [0, 0.1) is 3.57 Å². The molecular formula is C4H4INO2S2. The van der Waals surface area contributed by atoms with Gasteiger partial charge in [-0.1, -0.05) is 0 Å². The van der Waals surface area contributed by atoms with E-state index in [1.807, 2.05) is 22.6 Å². The van der Waals surface area contributed by atoms with Gasteiger partial charge in [-0.05, 0) is 34.0 Å².